The Bertz CT molecular complexity index is 351. The van der Waals surface area contributed by atoms with Crippen molar-refractivity contribution in [3.63, 3.8) is 0 Å². The Morgan fingerprint density at radius 2 is 1.84 bits per heavy atom. The predicted molar refractivity (Wildman–Crippen MR) is 70.8 cm³/mol. The zero-order valence-corrected chi connectivity index (χ0v) is 11.8. The average Bonchev–Trinajstić information content (AvgIpc) is 2.88. The van der Waals surface area contributed by atoms with Crippen LogP contribution < -0.4 is 5.32 Å². The molecule has 0 unspecified atom stereocenters. The Morgan fingerprint density at radius 3 is 2.47 bits per heavy atom. The van der Waals surface area contributed by atoms with Crippen molar-refractivity contribution in [2.24, 2.45) is 0 Å². The van der Waals surface area contributed by atoms with Crippen LogP contribution in [0.3, 0.4) is 0 Å². The van der Waals surface area contributed by atoms with Crippen LogP contribution in [-0.4, -0.2) is 66.7 Å². The maximum Gasteiger partial charge on any atom is 0.318 e. The zero-order valence-electron chi connectivity index (χ0n) is 11.8. The van der Waals surface area contributed by atoms with Crippen LogP contribution in [-0.2, 0) is 9.53 Å². The Balaban J connectivity index is 1.76. The molecule has 2 aliphatic heterocycles. The van der Waals surface area contributed by atoms with Gasteiger partial charge in [0.1, 0.15) is 0 Å². The lowest BCUT2D eigenvalue weighted by atomic mass is 10.1. The molecule has 19 heavy (non-hydrogen) atoms. The lowest BCUT2D eigenvalue weighted by Crippen LogP contribution is -2.54. The van der Waals surface area contributed by atoms with Crippen molar-refractivity contribution >= 4 is 11.9 Å². The first-order valence-corrected chi connectivity index (χ1v) is 6.92. The molecule has 2 fully saturated rings. The van der Waals surface area contributed by atoms with E-state index in [1.807, 2.05) is 18.7 Å². The number of carbonyl (C=O) groups is 2. The Morgan fingerprint density at radius 1 is 1.16 bits per heavy atom. The Kier molecular flexibility index (Phi) is 4.29. The maximum atomic E-state index is 12.0. The number of urea groups is 1. The topological polar surface area (TPSA) is 61.9 Å². The van der Waals surface area contributed by atoms with Crippen molar-refractivity contribution in [3.05, 3.63) is 0 Å². The fourth-order valence-electron chi connectivity index (χ4n) is 2.53. The standard InChI is InChI=1S/C13H23N3O3/c1-13(2)10-16(7-8-19-13)12(18)14-9-11(17)15-5-3-4-6-15/h3-10H2,1-2H3,(H,14,18). The van der Waals surface area contributed by atoms with Gasteiger partial charge in [0.05, 0.1) is 25.3 Å². The van der Waals surface area contributed by atoms with Crippen LogP contribution in [0, 0.1) is 0 Å². The van der Waals surface area contributed by atoms with E-state index in [1.165, 1.54) is 0 Å². The van der Waals surface area contributed by atoms with E-state index in [0.29, 0.717) is 19.7 Å². The minimum Gasteiger partial charge on any atom is -0.372 e. The molecule has 0 spiro atoms. The highest BCUT2D eigenvalue weighted by Crippen LogP contribution is 2.16. The molecule has 2 aliphatic rings. The van der Waals surface area contributed by atoms with Crippen LogP contribution in [0.4, 0.5) is 4.79 Å². The molecule has 2 saturated heterocycles. The number of hydrogen-bond acceptors (Lipinski definition) is 3. The first-order chi connectivity index (χ1) is 8.98. The molecular weight excluding hydrogens is 246 g/mol. The van der Waals surface area contributed by atoms with Gasteiger partial charge in [-0.1, -0.05) is 0 Å². The van der Waals surface area contributed by atoms with Crippen LogP contribution in [0.25, 0.3) is 0 Å². The van der Waals surface area contributed by atoms with Gasteiger partial charge in [-0.05, 0) is 26.7 Å². The van der Waals surface area contributed by atoms with E-state index in [-0.39, 0.29) is 24.1 Å². The highest BCUT2D eigenvalue weighted by molar-refractivity contribution is 5.84. The van der Waals surface area contributed by atoms with Crippen molar-refractivity contribution in [2.45, 2.75) is 32.3 Å². The molecule has 3 amide bonds. The number of rotatable bonds is 2. The van der Waals surface area contributed by atoms with Gasteiger partial charge >= 0.3 is 6.03 Å². The number of amides is 3. The summed E-state index contributed by atoms with van der Waals surface area (Å²) in [5.41, 5.74) is -0.311. The summed E-state index contributed by atoms with van der Waals surface area (Å²) in [5.74, 6) is 0.0124. The lowest BCUT2D eigenvalue weighted by molar-refractivity contribution is -0.129. The maximum absolute atomic E-state index is 12.0. The van der Waals surface area contributed by atoms with Gasteiger partial charge in [-0.15, -0.1) is 0 Å². The van der Waals surface area contributed by atoms with E-state index in [9.17, 15) is 9.59 Å². The molecule has 0 bridgehead atoms. The van der Waals surface area contributed by atoms with Crippen molar-refractivity contribution in [1.82, 2.24) is 15.1 Å². The summed E-state index contributed by atoms with van der Waals surface area (Å²) in [7, 11) is 0. The molecule has 6 heteroatoms. The SMILES string of the molecule is CC1(C)CN(C(=O)NCC(=O)N2CCCC2)CCO1. The number of morpholine rings is 1. The normalized spacial score (nSPS) is 22.4. The minimum absolute atomic E-state index is 0.0124. The summed E-state index contributed by atoms with van der Waals surface area (Å²) < 4.78 is 5.56. The van der Waals surface area contributed by atoms with Crippen molar-refractivity contribution in [1.29, 1.82) is 0 Å². The van der Waals surface area contributed by atoms with Gasteiger partial charge in [-0.3, -0.25) is 4.79 Å². The minimum atomic E-state index is -0.311. The summed E-state index contributed by atoms with van der Waals surface area (Å²) in [6, 6.07) is -0.177. The third-order valence-electron chi connectivity index (χ3n) is 3.56. The molecule has 108 valence electrons. The summed E-state index contributed by atoms with van der Waals surface area (Å²) >= 11 is 0. The molecule has 0 saturated carbocycles. The molecular formula is C13H23N3O3. The van der Waals surface area contributed by atoms with Gasteiger partial charge < -0.3 is 19.9 Å². The molecule has 2 rings (SSSR count). The first-order valence-electron chi connectivity index (χ1n) is 6.92. The molecule has 2 heterocycles. The van der Waals surface area contributed by atoms with Crippen LogP contribution in [0.1, 0.15) is 26.7 Å². The van der Waals surface area contributed by atoms with Gasteiger partial charge in [-0.25, -0.2) is 4.79 Å². The number of ether oxygens (including phenoxy) is 1. The van der Waals surface area contributed by atoms with Crippen LogP contribution >= 0.6 is 0 Å². The largest absolute Gasteiger partial charge is 0.372 e. The number of hydrogen-bond donors (Lipinski definition) is 1. The smallest absolute Gasteiger partial charge is 0.318 e. The van der Waals surface area contributed by atoms with Gasteiger partial charge in [0.15, 0.2) is 0 Å². The number of likely N-dealkylation sites (tertiary alicyclic amines) is 1. The van der Waals surface area contributed by atoms with Crippen LogP contribution in [0.2, 0.25) is 0 Å². The third kappa shape index (κ3) is 3.83. The fourth-order valence-corrected chi connectivity index (χ4v) is 2.53. The molecule has 0 atom stereocenters. The van der Waals surface area contributed by atoms with E-state index < -0.39 is 0 Å². The second-order valence-electron chi connectivity index (χ2n) is 5.78. The molecule has 6 nitrogen and oxygen atoms in total. The Labute approximate surface area is 114 Å². The van der Waals surface area contributed by atoms with E-state index in [2.05, 4.69) is 5.32 Å². The van der Waals surface area contributed by atoms with Crippen molar-refractivity contribution in [2.75, 3.05) is 39.3 Å². The zero-order chi connectivity index (χ0) is 13.9. The van der Waals surface area contributed by atoms with E-state index in [4.69, 9.17) is 4.74 Å². The van der Waals surface area contributed by atoms with Crippen LogP contribution in [0.5, 0.6) is 0 Å². The van der Waals surface area contributed by atoms with E-state index in [0.717, 1.165) is 25.9 Å². The monoisotopic (exact) mass is 269 g/mol. The van der Waals surface area contributed by atoms with Gasteiger partial charge in [0.25, 0.3) is 0 Å². The summed E-state index contributed by atoms with van der Waals surface area (Å²) in [5, 5.41) is 2.71. The second-order valence-corrected chi connectivity index (χ2v) is 5.78. The van der Waals surface area contributed by atoms with Gasteiger partial charge in [0.2, 0.25) is 5.91 Å². The number of carbonyl (C=O) groups excluding carboxylic acids is 2. The lowest BCUT2D eigenvalue weighted by Gasteiger charge is -2.38. The molecule has 0 aromatic heterocycles. The molecule has 0 aliphatic carbocycles. The van der Waals surface area contributed by atoms with Crippen LogP contribution in [0.15, 0.2) is 0 Å². The van der Waals surface area contributed by atoms with Gasteiger partial charge in [0, 0.05) is 19.6 Å². The molecule has 0 radical (unpaired) electrons. The third-order valence-corrected chi connectivity index (χ3v) is 3.56. The number of nitrogens with one attached hydrogen (secondary N) is 1. The second kappa shape index (κ2) is 5.77. The van der Waals surface area contributed by atoms with E-state index >= 15 is 0 Å². The summed E-state index contributed by atoms with van der Waals surface area (Å²) in [6.07, 6.45) is 2.13. The summed E-state index contributed by atoms with van der Waals surface area (Å²) in [6.45, 7) is 7.32. The highest BCUT2D eigenvalue weighted by Gasteiger charge is 2.30. The van der Waals surface area contributed by atoms with Gasteiger partial charge in [-0.2, -0.15) is 0 Å². The van der Waals surface area contributed by atoms with Crippen molar-refractivity contribution in [3.8, 4) is 0 Å². The van der Waals surface area contributed by atoms with Crippen molar-refractivity contribution < 1.29 is 14.3 Å². The first kappa shape index (κ1) is 14.1. The summed E-state index contributed by atoms with van der Waals surface area (Å²) in [4.78, 5) is 27.3. The average molecular weight is 269 g/mol. The van der Waals surface area contributed by atoms with E-state index in [1.54, 1.807) is 4.90 Å². The molecule has 0 aromatic carbocycles. The molecule has 1 N–H and O–H groups in total. The quantitative estimate of drug-likeness (QED) is 0.791. The highest BCUT2D eigenvalue weighted by atomic mass is 16.5. The Hall–Kier alpha value is -1.30. The fraction of sp³-hybridized carbons (Fsp3) is 0.846. The molecule has 0 aromatic rings. The predicted octanol–water partition coefficient (Wildman–Crippen LogP) is 0.429. The number of nitrogens with zero attached hydrogens (tertiary/aromatic N) is 2.